The highest BCUT2D eigenvalue weighted by Crippen LogP contribution is 2.37. The van der Waals surface area contributed by atoms with Crippen LogP contribution in [0.25, 0.3) is 11.6 Å². The van der Waals surface area contributed by atoms with E-state index in [0.717, 1.165) is 5.56 Å². The summed E-state index contributed by atoms with van der Waals surface area (Å²) in [6.45, 7) is 1.97. The lowest BCUT2D eigenvalue weighted by Gasteiger charge is -2.14. The van der Waals surface area contributed by atoms with Crippen molar-refractivity contribution >= 4 is 34.8 Å². The van der Waals surface area contributed by atoms with Crippen LogP contribution in [0.2, 0.25) is 5.02 Å². The molecular formula is C26H23ClN2O4. The number of rotatable bonds is 9. The van der Waals surface area contributed by atoms with Crippen LogP contribution in [0.3, 0.4) is 0 Å². The third kappa shape index (κ3) is 6.52. The minimum atomic E-state index is -0.324. The van der Waals surface area contributed by atoms with Gasteiger partial charge in [-0.15, -0.1) is 0 Å². The summed E-state index contributed by atoms with van der Waals surface area (Å²) >= 11 is 6.46. The molecule has 0 fully saturated rings. The predicted molar refractivity (Wildman–Crippen MR) is 130 cm³/mol. The van der Waals surface area contributed by atoms with E-state index in [4.69, 9.17) is 25.8 Å². The van der Waals surface area contributed by atoms with E-state index in [-0.39, 0.29) is 23.3 Å². The van der Waals surface area contributed by atoms with Gasteiger partial charge in [0.2, 0.25) is 0 Å². The quantitative estimate of drug-likeness (QED) is 0.319. The van der Waals surface area contributed by atoms with Gasteiger partial charge < -0.3 is 19.5 Å². The first-order valence-corrected chi connectivity index (χ1v) is 10.6. The van der Waals surface area contributed by atoms with E-state index in [2.05, 4.69) is 11.4 Å². The molecule has 0 bridgehead atoms. The summed E-state index contributed by atoms with van der Waals surface area (Å²) in [6, 6.07) is 21.9. The second kappa shape index (κ2) is 11.6. The first kappa shape index (κ1) is 23.7. The molecule has 3 aromatic rings. The zero-order valence-electron chi connectivity index (χ0n) is 18.3. The lowest BCUT2D eigenvalue weighted by Crippen LogP contribution is -2.20. The molecule has 6 nitrogen and oxygen atoms in total. The molecular weight excluding hydrogens is 440 g/mol. The van der Waals surface area contributed by atoms with Gasteiger partial charge in [-0.05, 0) is 72.7 Å². The molecule has 0 saturated heterocycles. The lowest BCUT2D eigenvalue weighted by atomic mass is 10.0. The number of nitrogens with zero attached hydrogens (tertiary/aromatic N) is 1. The largest absolute Gasteiger partial charge is 0.497 e. The average molecular weight is 463 g/mol. The topological polar surface area (TPSA) is 80.6 Å². The smallest absolute Gasteiger partial charge is 0.262 e. The van der Waals surface area contributed by atoms with Crippen molar-refractivity contribution in [2.75, 3.05) is 25.6 Å². The van der Waals surface area contributed by atoms with Gasteiger partial charge in [-0.25, -0.2) is 0 Å². The van der Waals surface area contributed by atoms with Crippen LogP contribution < -0.4 is 19.5 Å². The third-order valence-corrected chi connectivity index (χ3v) is 4.85. The molecule has 3 aromatic carbocycles. The first-order chi connectivity index (χ1) is 16.0. The molecule has 1 N–H and O–H groups in total. The molecule has 168 valence electrons. The van der Waals surface area contributed by atoms with Crippen molar-refractivity contribution in [3.8, 4) is 23.3 Å². The predicted octanol–water partition coefficient (Wildman–Crippen LogP) is 5.83. The molecule has 0 saturated carbocycles. The molecule has 0 aliphatic heterocycles. The van der Waals surface area contributed by atoms with Gasteiger partial charge in [-0.3, -0.25) is 4.79 Å². The van der Waals surface area contributed by atoms with Gasteiger partial charge in [-0.2, -0.15) is 5.26 Å². The number of hydrogen-bond donors (Lipinski definition) is 1. The third-order valence-electron chi connectivity index (χ3n) is 4.57. The van der Waals surface area contributed by atoms with Crippen LogP contribution in [0.5, 0.6) is 17.2 Å². The number of allylic oxidation sites excluding steroid dienone is 1. The Morgan fingerprint density at radius 2 is 1.82 bits per heavy atom. The van der Waals surface area contributed by atoms with Crippen LogP contribution in [-0.2, 0) is 4.79 Å². The van der Waals surface area contributed by atoms with Crippen molar-refractivity contribution < 1.29 is 19.0 Å². The Morgan fingerprint density at radius 1 is 1.09 bits per heavy atom. The number of methoxy groups -OCH3 is 1. The number of benzene rings is 3. The number of anilines is 1. The van der Waals surface area contributed by atoms with E-state index >= 15 is 0 Å². The van der Waals surface area contributed by atoms with E-state index in [0.29, 0.717) is 34.9 Å². The summed E-state index contributed by atoms with van der Waals surface area (Å²) in [5.41, 5.74) is 2.53. The minimum absolute atomic E-state index is 0.237. The number of nitriles is 1. The van der Waals surface area contributed by atoms with Gasteiger partial charge >= 0.3 is 0 Å². The molecule has 0 aromatic heterocycles. The second-order valence-corrected chi connectivity index (χ2v) is 7.27. The van der Waals surface area contributed by atoms with E-state index in [1.165, 1.54) is 0 Å². The number of halogens is 1. The van der Waals surface area contributed by atoms with Crippen molar-refractivity contribution in [3.63, 3.8) is 0 Å². The van der Waals surface area contributed by atoms with Crippen molar-refractivity contribution in [2.24, 2.45) is 0 Å². The fourth-order valence-corrected chi connectivity index (χ4v) is 3.32. The summed E-state index contributed by atoms with van der Waals surface area (Å²) in [4.78, 5) is 12.2. The first-order valence-electron chi connectivity index (χ1n) is 10.2. The van der Waals surface area contributed by atoms with E-state index in [1.807, 2.05) is 37.3 Å². The molecule has 0 atom stereocenters. The molecule has 0 unspecified atom stereocenters. The van der Waals surface area contributed by atoms with E-state index in [1.54, 1.807) is 49.6 Å². The zero-order valence-corrected chi connectivity index (χ0v) is 19.1. The highest BCUT2D eigenvalue weighted by atomic mass is 35.5. The summed E-state index contributed by atoms with van der Waals surface area (Å²) in [7, 11) is 1.59. The Hall–Kier alpha value is -3.95. The fraction of sp³-hybridized carbons (Fsp3) is 0.154. The number of amides is 1. The van der Waals surface area contributed by atoms with Crippen LogP contribution >= 0.6 is 11.6 Å². The number of ether oxygens (including phenoxy) is 3. The number of carbonyl (C=O) groups is 1. The van der Waals surface area contributed by atoms with Crippen LogP contribution in [-0.4, -0.2) is 26.2 Å². The Kier molecular flexibility index (Phi) is 8.34. The van der Waals surface area contributed by atoms with Crippen LogP contribution in [0.1, 0.15) is 18.1 Å². The molecule has 7 heteroatoms. The van der Waals surface area contributed by atoms with Gasteiger partial charge in [0.25, 0.3) is 5.91 Å². The molecule has 33 heavy (non-hydrogen) atoms. The summed E-state index contributed by atoms with van der Waals surface area (Å²) < 4.78 is 16.5. The molecule has 0 radical (unpaired) electrons. The van der Waals surface area contributed by atoms with Crippen molar-refractivity contribution in [1.29, 1.82) is 5.26 Å². The lowest BCUT2D eigenvalue weighted by molar-refractivity contribution is -0.118. The molecule has 1 amide bonds. The summed E-state index contributed by atoms with van der Waals surface area (Å²) in [5, 5.41) is 12.7. The number of nitrogens with one attached hydrogen (secondary N) is 1. The van der Waals surface area contributed by atoms with Gasteiger partial charge in [0.1, 0.15) is 5.75 Å². The van der Waals surface area contributed by atoms with Gasteiger partial charge in [-0.1, -0.05) is 29.8 Å². The molecule has 0 aliphatic rings. The van der Waals surface area contributed by atoms with Crippen molar-refractivity contribution in [2.45, 2.75) is 6.92 Å². The Balaban J connectivity index is 1.81. The van der Waals surface area contributed by atoms with Crippen molar-refractivity contribution in [1.82, 2.24) is 0 Å². The Morgan fingerprint density at radius 3 is 2.45 bits per heavy atom. The maximum atomic E-state index is 12.2. The second-order valence-electron chi connectivity index (χ2n) is 6.86. The average Bonchev–Trinajstić information content (AvgIpc) is 2.83. The highest BCUT2D eigenvalue weighted by Gasteiger charge is 2.15. The molecule has 0 aliphatic carbocycles. The van der Waals surface area contributed by atoms with E-state index in [9.17, 15) is 10.1 Å². The summed E-state index contributed by atoms with van der Waals surface area (Å²) in [6.07, 6.45) is 1.71. The minimum Gasteiger partial charge on any atom is -0.497 e. The number of hydrogen-bond acceptors (Lipinski definition) is 5. The van der Waals surface area contributed by atoms with E-state index < -0.39 is 0 Å². The van der Waals surface area contributed by atoms with Crippen molar-refractivity contribution in [3.05, 3.63) is 82.9 Å². The molecule has 0 heterocycles. The van der Waals surface area contributed by atoms with Crippen LogP contribution in [0.4, 0.5) is 5.69 Å². The SMILES string of the molecule is CCOc1cc(/C=C(\C#N)c2ccc(OC)cc2)cc(Cl)c1OCC(=O)Nc1ccccc1. The van der Waals surface area contributed by atoms with Gasteiger partial charge in [0.15, 0.2) is 18.1 Å². The standard InChI is InChI=1S/C26H23ClN2O4/c1-3-32-24-15-18(13-20(16-28)19-9-11-22(31-2)12-10-19)14-23(27)26(24)33-17-25(30)29-21-7-5-4-6-8-21/h4-15H,3,17H2,1-2H3,(H,29,30)/b20-13+. The maximum absolute atomic E-state index is 12.2. The van der Waals surface area contributed by atoms with Crippen LogP contribution in [0, 0.1) is 11.3 Å². The van der Waals surface area contributed by atoms with Gasteiger partial charge in [0, 0.05) is 5.69 Å². The molecule has 3 rings (SSSR count). The Labute approximate surface area is 198 Å². The Bertz CT molecular complexity index is 1170. The number of para-hydroxylation sites is 1. The zero-order chi connectivity index (χ0) is 23.6. The van der Waals surface area contributed by atoms with Gasteiger partial charge in [0.05, 0.1) is 30.4 Å². The monoisotopic (exact) mass is 462 g/mol. The fourth-order valence-electron chi connectivity index (χ4n) is 3.05. The number of carbonyl (C=O) groups excluding carboxylic acids is 1. The summed E-state index contributed by atoms with van der Waals surface area (Å²) in [5.74, 6) is 1.03. The molecule has 0 spiro atoms. The normalized spacial score (nSPS) is 10.8. The maximum Gasteiger partial charge on any atom is 0.262 e. The van der Waals surface area contributed by atoms with Crippen LogP contribution in [0.15, 0.2) is 66.7 Å². The highest BCUT2D eigenvalue weighted by molar-refractivity contribution is 6.32.